The third-order valence-corrected chi connectivity index (χ3v) is 5.13. The van der Waals surface area contributed by atoms with Crippen molar-refractivity contribution in [1.82, 2.24) is 15.0 Å². The molecule has 0 saturated heterocycles. The van der Waals surface area contributed by atoms with Gasteiger partial charge in [0.2, 0.25) is 11.6 Å². The monoisotopic (exact) mass is 426 g/mol. The van der Waals surface area contributed by atoms with Gasteiger partial charge in [0.05, 0.1) is 22.2 Å². The summed E-state index contributed by atoms with van der Waals surface area (Å²) in [5, 5.41) is 18.0. The van der Waals surface area contributed by atoms with Gasteiger partial charge < -0.3 is 15.4 Å². The van der Waals surface area contributed by atoms with E-state index in [9.17, 15) is 14.5 Å². The second kappa shape index (κ2) is 8.25. The second-order valence-electron chi connectivity index (χ2n) is 6.13. The molecule has 0 atom stereocenters. The molecular weight excluding hydrogens is 411 g/mol. The van der Waals surface area contributed by atoms with Gasteiger partial charge in [0, 0.05) is 6.54 Å². The third-order valence-electron chi connectivity index (χ3n) is 4.20. The van der Waals surface area contributed by atoms with Gasteiger partial charge in [-0.25, -0.2) is 19.3 Å². The quantitative estimate of drug-likeness (QED) is 0.328. The Bertz CT molecular complexity index is 1210. The SMILES string of the molecule is COc1ccc2nc(Nc3ncnc(NCc4ccc(F)cc4)c3[N+](=O)[O-])sc2c1. The number of ether oxygens (including phenoxy) is 1. The number of hydrogen-bond acceptors (Lipinski definition) is 9. The number of anilines is 3. The van der Waals surface area contributed by atoms with Crippen molar-refractivity contribution in [2.75, 3.05) is 17.7 Å². The molecule has 0 unspecified atom stereocenters. The molecule has 0 amide bonds. The molecule has 11 heteroatoms. The lowest BCUT2D eigenvalue weighted by Gasteiger charge is -2.09. The molecule has 0 aliphatic carbocycles. The minimum absolute atomic E-state index is 0.0163. The largest absolute Gasteiger partial charge is 0.497 e. The Morgan fingerprint density at radius 1 is 1.17 bits per heavy atom. The van der Waals surface area contributed by atoms with Crippen molar-refractivity contribution < 1.29 is 14.1 Å². The van der Waals surface area contributed by atoms with Gasteiger partial charge in [0.1, 0.15) is 17.9 Å². The van der Waals surface area contributed by atoms with Crippen molar-refractivity contribution in [3.8, 4) is 5.75 Å². The van der Waals surface area contributed by atoms with Crippen molar-refractivity contribution in [2.45, 2.75) is 6.54 Å². The van der Waals surface area contributed by atoms with E-state index in [1.165, 1.54) is 29.8 Å². The first-order valence-corrected chi connectivity index (χ1v) is 9.54. The minimum atomic E-state index is -0.564. The zero-order valence-electron chi connectivity index (χ0n) is 15.6. The van der Waals surface area contributed by atoms with Gasteiger partial charge in [-0.3, -0.25) is 10.1 Å². The van der Waals surface area contributed by atoms with Crippen LogP contribution in [0, 0.1) is 15.9 Å². The van der Waals surface area contributed by atoms with E-state index in [-0.39, 0.29) is 29.7 Å². The Morgan fingerprint density at radius 3 is 2.67 bits per heavy atom. The number of hydrogen-bond donors (Lipinski definition) is 2. The predicted molar refractivity (Wildman–Crippen MR) is 112 cm³/mol. The van der Waals surface area contributed by atoms with E-state index in [2.05, 4.69) is 25.6 Å². The summed E-state index contributed by atoms with van der Waals surface area (Å²) in [5.41, 5.74) is 1.17. The number of thiazole rings is 1. The molecule has 9 nitrogen and oxygen atoms in total. The fourth-order valence-corrected chi connectivity index (χ4v) is 3.64. The number of methoxy groups -OCH3 is 1. The number of fused-ring (bicyclic) bond motifs is 1. The third kappa shape index (κ3) is 4.10. The summed E-state index contributed by atoms with van der Waals surface area (Å²) in [6.45, 7) is 0.235. The number of aromatic nitrogens is 3. The van der Waals surface area contributed by atoms with E-state index in [1.54, 1.807) is 31.4 Å². The Labute approximate surface area is 173 Å². The molecule has 0 saturated carbocycles. The van der Waals surface area contributed by atoms with E-state index >= 15 is 0 Å². The van der Waals surface area contributed by atoms with Crippen LogP contribution in [0.5, 0.6) is 5.75 Å². The van der Waals surface area contributed by atoms with E-state index in [1.807, 2.05) is 6.07 Å². The first kappa shape index (κ1) is 19.5. The maximum Gasteiger partial charge on any atom is 0.353 e. The summed E-state index contributed by atoms with van der Waals surface area (Å²) in [5.74, 6) is 0.400. The summed E-state index contributed by atoms with van der Waals surface area (Å²) in [7, 11) is 1.58. The van der Waals surface area contributed by atoms with Crippen LogP contribution in [-0.2, 0) is 6.54 Å². The van der Waals surface area contributed by atoms with Crippen LogP contribution in [0.2, 0.25) is 0 Å². The van der Waals surface area contributed by atoms with Crippen LogP contribution >= 0.6 is 11.3 Å². The van der Waals surface area contributed by atoms with Gasteiger partial charge in [-0.1, -0.05) is 23.5 Å². The summed E-state index contributed by atoms with van der Waals surface area (Å²) >= 11 is 1.32. The maximum atomic E-state index is 13.0. The standard InChI is InChI=1S/C19H15FN6O3S/c1-29-13-6-7-14-15(8-13)30-19(24-14)25-18-16(26(27)28)17(22-10-23-18)21-9-11-2-4-12(20)5-3-11/h2-8,10H,9H2,1H3,(H2,21,22,23,24,25). The zero-order valence-corrected chi connectivity index (χ0v) is 16.4. The molecule has 0 radical (unpaired) electrons. The minimum Gasteiger partial charge on any atom is -0.497 e. The van der Waals surface area contributed by atoms with E-state index in [0.29, 0.717) is 10.9 Å². The average Bonchev–Trinajstić information content (AvgIpc) is 3.14. The van der Waals surface area contributed by atoms with Gasteiger partial charge in [-0.05, 0) is 35.9 Å². The molecule has 0 aliphatic rings. The van der Waals surface area contributed by atoms with E-state index < -0.39 is 4.92 Å². The molecular formula is C19H15FN6O3S. The zero-order chi connectivity index (χ0) is 21.1. The Balaban J connectivity index is 1.60. The number of benzene rings is 2. The molecule has 0 fully saturated rings. The Morgan fingerprint density at radius 2 is 1.93 bits per heavy atom. The van der Waals surface area contributed by atoms with Crippen molar-refractivity contribution in [1.29, 1.82) is 0 Å². The van der Waals surface area contributed by atoms with Crippen LogP contribution < -0.4 is 15.4 Å². The Hall–Kier alpha value is -3.86. The maximum absolute atomic E-state index is 13.0. The van der Waals surface area contributed by atoms with Crippen LogP contribution in [0.25, 0.3) is 10.2 Å². The smallest absolute Gasteiger partial charge is 0.353 e. The van der Waals surface area contributed by atoms with Crippen LogP contribution in [-0.4, -0.2) is 27.0 Å². The molecule has 0 aliphatic heterocycles. The van der Waals surface area contributed by atoms with Crippen LogP contribution in [0.4, 0.5) is 26.8 Å². The molecule has 4 rings (SSSR count). The number of rotatable bonds is 7. The number of halogens is 1. The molecule has 152 valence electrons. The summed E-state index contributed by atoms with van der Waals surface area (Å²) < 4.78 is 19.1. The molecule has 2 aromatic heterocycles. The fourth-order valence-electron chi connectivity index (χ4n) is 2.75. The highest BCUT2D eigenvalue weighted by molar-refractivity contribution is 7.22. The van der Waals surface area contributed by atoms with Crippen molar-refractivity contribution in [3.63, 3.8) is 0 Å². The first-order valence-electron chi connectivity index (χ1n) is 8.73. The normalized spacial score (nSPS) is 10.7. The van der Waals surface area contributed by atoms with Gasteiger partial charge in [-0.15, -0.1) is 0 Å². The number of nitrogens with zero attached hydrogens (tertiary/aromatic N) is 4. The number of nitro groups is 1. The molecule has 4 aromatic rings. The predicted octanol–water partition coefficient (Wildman–Crippen LogP) is 4.50. The van der Waals surface area contributed by atoms with Gasteiger partial charge in [0.15, 0.2) is 5.13 Å². The molecule has 2 heterocycles. The van der Waals surface area contributed by atoms with Crippen molar-refractivity contribution in [2.24, 2.45) is 0 Å². The van der Waals surface area contributed by atoms with Gasteiger partial charge >= 0.3 is 5.69 Å². The van der Waals surface area contributed by atoms with Crippen molar-refractivity contribution >= 4 is 44.0 Å². The topological polar surface area (TPSA) is 115 Å². The van der Waals surface area contributed by atoms with Gasteiger partial charge in [0.25, 0.3) is 0 Å². The van der Waals surface area contributed by atoms with E-state index in [0.717, 1.165) is 15.8 Å². The second-order valence-corrected chi connectivity index (χ2v) is 7.16. The summed E-state index contributed by atoms with van der Waals surface area (Å²) in [6.07, 6.45) is 1.22. The highest BCUT2D eigenvalue weighted by Gasteiger charge is 2.24. The van der Waals surface area contributed by atoms with Crippen LogP contribution in [0.1, 0.15) is 5.56 Å². The highest BCUT2D eigenvalue weighted by atomic mass is 32.1. The van der Waals surface area contributed by atoms with Gasteiger partial charge in [-0.2, -0.15) is 0 Å². The molecule has 2 aromatic carbocycles. The summed E-state index contributed by atoms with van der Waals surface area (Å²) in [6, 6.07) is 11.2. The molecule has 0 spiro atoms. The Kier molecular flexibility index (Phi) is 5.35. The number of nitrogens with one attached hydrogen (secondary N) is 2. The van der Waals surface area contributed by atoms with Crippen LogP contribution in [0.15, 0.2) is 48.8 Å². The lowest BCUT2D eigenvalue weighted by atomic mass is 10.2. The lowest BCUT2D eigenvalue weighted by Crippen LogP contribution is -2.08. The van der Waals surface area contributed by atoms with E-state index in [4.69, 9.17) is 4.74 Å². The average molecular weight is 426 g/mol. The molecule has 30 heavy (non-hydrogen) atoms. The van der Waals surface area contributed by atoms with Crippen LogP contribution in [0.3, 0.4) is 0 Å². The highest BCUT2D eigenvalue weighted by Crippen LogP contribution is 2.35. The van der Waals surface area contributed by atoms with Crippen molar-refractivity contribution in [3.05, 3.63) is 70.3 Å². The summed E-state index contributed by atoms with van der Waals surface area (Å²) in [4.78, 5) is 23.6. The molecule has 0 bridgehead atoms. The lowest BCUT2D eigenvalue weighted by molar-refractivity contribution is -0.383. The molecule has 2 N–H and O–H groups in total. The first-order chi connectivity index (χ1) is 14.5. The fraction of sp³-hybridized carbons (Fsp3) is 0.105.